The highest BCUT2D eigenvalue weighted by Gasteiger charge is 1.98. The van der Waals surface area contributed by atoms with E-state index in [-0.39, 0.29) is 0 Å². The van der Waals surface area contributed by atoms with Crippen LogP contribution < -0.4 is 0 Å². The topological polar surface area (TPSA) is 23.8 Å². The van der Waals surface area contributed by atoms with Crippen LogP contribution in [0.1, 0.15) is 16.7 Å². The summed E-state index contributed by atoms with van der Waals surface area (Å²) in [7, 11) is 0. The van der Waals surface area contributed by atoms with Gasteiger partial charge in [-0.25, -0.2) is 0 Å². The lowest BCUT2D eigenvalue weighted by Gasteiger charge is -2.10. The molecule has 16 heavy (non-hydrogen) atoms. The quantitative estimate of drug-likeness (QED) is 0.714. The van der Waals surface area contributed by atoms with Gasteiger partial charge in [-0.05, 0) is 36.5 Å². The van der Waals surface area contributed by atoms with Crippen LogP contribution in [0.2, 0.25) is 0 Å². The normalized spacial score (nSPS) is 10.3. The molecule has 1 N–H and O–H groups in total. The van der Waals surface area contributed by atoms with Gasteiger partial charge in [0.2, 0.25) is 0 Å². The molecule has 0 atom stereocenters. The molecule has 0 aromatic heterocycles. The molecule has 1 nitrogen and oxygen atoms in total. The fourth-order valence-corrected chi connectivity index (χ4v) is 1.90. The first kappa shape index (κ1) is 10.7. The van der Waals surface area contributed by atoms with E-state index in [2.05, 4.69) is 37.3 Å². The fraction of sp³-hybridized carbons (Fsp3) is 0.200. The average Bonchev–Trinajstić information content (AvgIpc) is 2.29. The molecule has 2 aromatic rings. The number of hydrogen-bond acceptors (Lipinski definition) is 0. The first-order chi connectivity index (χ1) is 7.75. The van der Waals surface area contributed by atoms with Crippen molar-refractivity contribution in [2.75, 3.05) is 0 Å². The van der Waals surface area contributed by atoms with Gasteiger partial charge in [0.05, 0.1) is 0 Å². The monoisotopic (exact) mass is 210 g/mol. The summed E-state index contributed by atoms with van der Waals surface area (Å²) in [6.45, 7) is 2.08. The molecule has 82 valence electrons. The van der Waals surface area contributed by atoms with Crippen molar-refractivity contribution in [3.05, 3.63) is 71.0 Å². The molecule has 0 unspecified atom stereocenters. The van der Waals surface area contributed by atoms with Crippen molar-refractivity contribution < 1.29 is 0 Å². The van der Waals surface area contributed by atoms with Crippen LogP contribution in [0.3, 0.4) is 0 Å². The first-order valence-corrected chi connectivity index (χ1v) is 5.61. The molecular weight excluding hydrogens is 194 g/mol. The second-order valence-corrected chi connectivity index (χ2v) is 4.13. The van der Waals surface area contributed by atoms with Crippen LogP contribution in [0, 0.1) is 6.92 Å². The molecule has 0 saturated carbocycles. The summed E-state index contributed by atoms with van der Waals surface area (Å²) in [5.74, 6) is 0. The molecule has 0 saturated heterocycles. The summed E-state index contributed by atoms with van der Waals surface area (Å²) in [5, 5.41) is 0. The van der Waals surface area contributed by atoms with Gasteiger partial charge in [0.15, 0.2) is 0 Å². The average molecular weight is 210 g/mol. The molecule has 1 heteroatoms. The largest absolute Gasteiger partial charge is 0.699 e. The highest BCUT2D eigenvalue weighted by Crippen LogP contribution is 2.18. The molecule has 0 spiro atoms. The Morgan fingerprint density at radius 3 is 2.38 bits per heavy atom. The van der Waals surface area contributed by atoms with Crippen LogP contribution in [-0.4, -0.2) is 0 Å². The smallest absolute Gasteiger partial charge is 0.0236 e. The predicted molar refractivity (Wildman–Crippen MR) is 69.0 cm³/mol. The van der Waals surface area contributed by atoms with Crippen molar-refractivity contribution in [1.29, 1.82) is 0 Å². The minimum Gasteiger partial charge on any atom is -0.699 e. The summed E-state index contributed by atoms with van der Waals surface area (Å²) in [5.41, 5.74) is 12.1. The Labute approximate surface area is 96.9 Å². The number of aryl methyl sites for hydroxylation is 3. The van der Waals surface area contributed by atoms with Gasteiger partial charge in [-0.15, -0.1) is 5.69 Å². The molecule has 2 aromatic carbocycles. The van der Waals surface area contributed by atoms with E-state index in [4.69, 9.17) is 5.73 Å². The Kier molecular flexibility index (Phi) is 3.25. The number of rotatable bonds is 3. The second kappa shape index (κ2) is 4.84. The van der Waals surface area contributed by atoms with E-state index in [1.165, 1.54) is 16.7 Å². The molecule has 0 bridgehead atoms. The Morgan fingerprint density at radius 1 is 0.938 bits per heavy atom. The molecule has 0 aliphatic carbocycles. The van der Waals surface area contributed by atoms with Crippen LogP contribution in [-0.2, 0) is 12.8 Å². The van der Waals surface area contributed by atoms with Gasteiger partial charge in [-0.2, -0.15) is 0 Å². The van der Waals surface area contributed by atoms with Crippen molar-refractivity contribution >= 4 is 5.69 Å². The highest BCUT2D eigenvalue weighted by molar-refractivity contribution is 5.47. The third-order valence-electron chi connectivity index (χ3n) is 2.87. The maximum atomic E-state index is 7.53. The molecule has 0 aliphatic heterocycles. The maximum Gasteiger partial charge on any atom is -0.0236 e. The van der Waals surface area contributed by atoms with Gasteiger partial charge >= 0.3 is 0 Å². The summed E-state index contributed by atoms with van der Waals surface area (Å²) in [4.78, 5) is 0. The van der Waals surface area contributed by atoms with Crippen molar-refractivity contribution in [2.45, 2.75) is 19.8 Å². The standard InChI is InChI=1S/C15H16N/c1-12-11-15(16)10-9-14(12)8-7-13-5-3-2-4-6-13/h2-6,9-11,16H,7-8H2,1H3/q-1. The van der Waals surface area contributed by atoms with Crippen LogP contribution in [0.25, 0.3) is 5.73 Å². The van der Waals surface area contributed by atoms with Gasteiger partial charge in [0.1, 0.15) is 0 Å². The summed E-state index contributed by atoms with van der Waals surface area (Å²) in [6, 6.07) is 16.4. The lowest BCUT2D eigenvalue weighted by Crippen LogP contribution is -1.93. The molecule has 0 radical (unpaired) electrons. The van der Waals surface area contributed by atoms with Gasteiger partial charge in [0.25, 0.3) is 0 Å². The van der Waals surface area contributed by atoms with Crippen LogP contribution >= 0.6 is 0 Å². The van der Waals surface area contributed by atoms with Crippen molar-refractivity contribution in [1.82, 2.24) is 0 Å². The number of nitrogens with one attached hydrogen (secondary N) is 1. The van der Waals surface area contributed by atoms with Crippen LogP contribution in [0.4, 0.5) is 5.69 Å². The van der Waals surface area contributed by atoms with Gasteiger partial charge in [0, 0.05) is 0 Å². The maximum absolute atomic E-state index is 7.53. The predicted octanol–water partition coefficient (Wildman–Crippen LogP) is 4.46. The second-order valence-electron chi connectivity index (χ2n) is 4.13. The SMILES string of the molecule is Cc1cc([NH-])ccc1CCc1ccccc1. The molecule has 0 heterocycles. The van der Waals surface area contributed by atoms with Crippen LogP contribution in [0.5, 0.6) is 0 Å². The molecule has 2 rings (SSSR count). The number of hydrogen-bond donors (Lipinski definition) is 0. The van der Waals surface area contributed by atoms with E-state index in [1.807, 2.05) is 18.2 Å². The first-order valence-electron chi connectivity index (χ1n) is 5.61. The molecule has 0 amide bonds. The van der Waals surface area contributed by atoms with E-state index in [0.717, 1.165) is 12.8 Å². The number of benzene rings is 2. The lowest BCUT2D eigenvalue weighted by molar-refractivity contribution is 0.950. The van der Waals surface area contributed by atoms with E-state index >= 15 is 0 Å². The van der Waals surface area contributed by atoms with E-state index in [9.17, 15) is 0 Å². The van der Waals surface area contributed by atoms with Gasteiger partial charge in [-0.3, -0.25) is 0 Å². The highest BCUT2D eigenvalue weighted by atomic mass is 14.5. The Bertz CT molecular complexity index is 460. The zero-order valence-electron chi connectivity index (χ0n) is 9.53. The minimum absolute atomic E-state index is 0.598. The Balaban J connectivity index is 2.05. The van der Waals surface area contributed by atoms with E-state index in [1.54, 1.807) is 0 Å². The summed E-state index contributed by atoms with van der Waals surface area (Å²) >= 11 is 0. The third-order valence-corrected chi connectivity index (χ3v) is 2.87. The minimum atomic E-state index is 0.598. The Morgan fingerprint density at radius 2 is 1.69 bits per heavy atom. The summed E-state index contributed by atoms with van der Waals surface area (Å²) in [6.07, 6.45) is 2.12. The van der Waals surface area contributed by atoms with Crippen molar-refractivity contribution in [3.8, 4) is 0 Å². The zero-order valence-corrected chi connectivity index (χ0v) is 9.53. The zero-order chi connectivity index (χ0) is 11.4. The van der Waals surface area contributed by atoms with Crippen molar-refractivity contribution in [2.24, 2.45) is 0 Å². The Hall–Kier alpha value is -1.76. The summed E-state index contributed by atoms with van der Waals surface area (Å²) < 4.78 is 0. The third kappa shape index (κ3) is 2.63. The van der Waals surface area contributed by atoms with Crippen molar-refractivity contribution in [3.63, 3.8) is 0 Å². The van der Waals surface area contributed by atoms with E-state index < -0.39 is 0 Å². The lowest BCUT2D eigenvalue weighted by atomic mass is 10.0. The van der Waals surface area contributed by atoms with Crippen LogP contribution in [0.15, 0.2) is 48.5 Å². The van der Waals surface area contributed by atoms with E-state index in [0.29, 0.717) is 5.69 Å². The fourth-order valence-electron chi connectivity index (χ4n) is 1.90. The van der Waals surface area contributed by atoms with Gasteiger partial charge in [-0.1, -0.05) is 48.5 Å². The molecular formula is C15H16N-. The van der Waals surface area contributed by atoms with Gasteiger partial charge < -0.3 is 5.73 Å². The molecule has 0 fully saturated rings. The molecule has 0 aliphatic rings.